The van der Waals surface area contributed by atoms with E-state index in [0.717, 1.165) is 5.82 Å². The third-order valence-corrected chi connectivity index (χ3v) is 5.05. The number of carbonyl (C=O) groups excluding carboxylic acids is 1. The number of aryl methyl sites for hydroxylation is 3. The van der Waals surface area contributed by atoms with Crippen molar-refractivity contribution in [3.05, 3.63) is 50.8 Å². The van der Waals surface area contributed by atoms with Crippen LogP contribution in [0.4, 0.5) is 0 Å². The number of carbonyl (C=O) groups is 1. The molecule has 0 bridgehead atoms. The lowest BCUT2D eigenvalue weighted by molar-refractivity contribution is -0.158. The predicted molar refractivity (Wildman–Crippen MR) is 101 cm³/mol. The lowest BCUT2D eigenvalue weighted by Gasteiger charge is -2.38. The summed E-state index contributed by atoms with van der Waals surface area (Å²) in [6.45, 7) is 3.77. The van der Waals surface area contributed by atoms with Crippen LogP contribution in [0.3, 0.4) is 0 Å². The predicted octanol–water partition coefficient (Wildman–Crippen LogP) is -1.95. The fourth-order valence-electron chi connectivity index (χ4n) is 3.26. The second kappa shape index (κ2) is 8.72. The minimum absolute atomic E-state index is 0.0180. The van der Waals surface area contributed by atoms with Gasteiger partial charge in [-0.15, -0.1) is 0 Å². The van der Waals surface area contributed by atoms with Crippen LogP contribution in [0.1, 0.15) is 17.8 Å². The highest BCUT2D eigenvalue weighted by atomic mass is 16.5. The van der Waals surface area contributed by atoms with Crippen molar-refractivity contribution in [1.82, 2.24) is 24.4 Å². The lowest BCUT2D eigenvalue weighted by Crippen LogP contribution is -2.60. The number of H-pyrrole nitrogens is 1. The maximum Gasteiger partial charge on any atom is 0.328 e. The molecule has 0 aromatic carbocycles. The number of aromatic amines is 1. The molecule has 1 fully saturated rings. The number of nitrogens with zero attached hydrogens (tertiary/aromatic N) is 3. The first-order valence-corrected chi connectivity index (χ1v) is 9.31. The van der Waals surface area contributed by atoms with Crippen molar-refractivity contribution in [3.63, 3.8) is 0 Å². The molecule has 0 unspecified atom stereocenters. The number of aromatic nitrogens is 4. The van der Waals surface area contributed by atoms with E-state index >= 15 is 0 Å². The van der Waals surface area contributed by atoms with E-state index in [0.29, 0.717) is 12.1 Å². The zero-order valence-electron chi connectivity index (χ0n) is 16.2. The first-order valence-electron chi connectivity index (χ1n) is 9.31. The van der Waals surface area contributed by atoms with Gasteiger partial charge >= 0.3 is 5.69 Å². The second-order valence-corrected chi connectivity index (χ2v) is 7.17. The average Bonchev–Trinajstić information content (AvgIpc) is 3.08. The Morgan fingerprint density at radius 2 is 2.07 bits per heavy atom. The number of nitrogens with one attached hydrogen (secondary N) is 2. The second-order valence-electron chi connectivity index (χ2n) is 7.17. The van der Waals surface area contributed by atoms with Gasteiger partial charge in [0.2, 0.25) is 5.91 Å². The number of amides is 1. The minimum Gasteiger partial charge on any atom is -0.388 e. The molecule has 158 valence electrons. The monoisotopic (exact) mass is 407 g/mol. The third kappa shape index (κ3) is 4.81. The molecule has 1 aliphatic heterocycles. The number of rotatable bonds is 6. The highest BCUT2D eigenvalue weighted by molar-refractivity contribution is 5.76. The summed E-state index contributed by atoms with van der Waals surface area (Å²) in [4.78, 5) is 41.8. The van der Waals surface area contributed by atoms with Crippen LogP contribution in [-0.2, 0) is 22.6 Å². The van der Waals surface area contributed by atoms with E-state index in [1.165, 1.54) is 10.8 Å². The zero-order chi connectivity index (χ0) is 21.1. The smallest absolute Gasteiger partial charge is 0.328 e. The molecule has 4 atom stereocenters. The Morgan fingerprint density at radius 3 is 2.76 bits per heavy atom. The van der Waals surface area contributed by atoms with Crippen LogP contribution in [0, 0.1) is 13.8 Å². The van der Waals surface area contributed by atoms with Crippen LogP contribution >= 0.6 is 0 Å². The van der Waals surface area contributed by atoms with Gasteiger partial charge in [-0.3, -0.25) is 19.1 Å². The van der Waals surface area contributed by atoms with E-state index < -0.39 is 35.6 Å². The van der Waals surface area contributed by atoms with Gasteiger partial charge in [-0.05, 0) is 13.8 Å². The summed E-state index contributed by atoms with van der Waals surface area (Å²) in [5, 5.41) is 23.5. The molecular weight excluding hydrogens is 382 g/mol. The molecular formula is C18H25N5O6. The van der Waals surface area contributed by atoms with Crippen molar-refractivity contribution < 1.29 is 19.7 Å². The summed E-state index contributed by atoms with van der Waals surface area (Å²) in [5.74, 6) is 0.508. The summed E-state index contributed by atoms with van der Waals surface area (Å²) in [6, 6.07) is -0.772. The van der Waals surface area contributed by atoms with Gasteiger partial charge in [-0.1, -0.05) is 0 Å². The number of aliphatic hydroxyl groups is 2. The van der Waals surface area contributed by atoms with Crippen molar-refractivity contribution in [1.29, 1.82) is 0 Å². The van der Waals surface area contributed by atoms with Crippen LogP contribution in [0.15, 0.2) is 28.2 Å². The van der Waals surface area contributed by atoms with Gasteiger partial charge in [0.1, 0.15) is 24.1 Å². The molecule has 0 aliphatic carbocycles. The fraction of sp³-hybridized carbons (Fsp3) is 0.556. The first kappa shape index (κ1) is 21.0. The van der Waals surface area contributed by atoms with Crippen molar-refractivity contribution in [2.45, 2.75) is 57.7 Å². The molecule has 1 saturated heterocycles. The summed E-state index contributed by atoms with van der Waals surface area (Å²) in [5.41, 5.74) is -0.769. The van der Waals surface area contributed by atoms with Gasteiger partial charge in [0.05, 0.1) is 19.2 Å². The number of hydrogen-bond donors (Lipinski definition) is 4. The van der Waals surface area contributed by atoms with E-state index in [1.54, 1.807) is 19.3 Å². The number of hydrogen-bond acceptors (Lipinski definition) is 7. The van der Waals surface area contributed by atoms with E-state index in [1.807, 2.05) is 11.5 Å². The summed E-state index contributed by atoms with van der Waals surface area (Å²) in [6.07, 6.45) is 1.54. The van der Waals surface area contributed by atoms with Gasteiger partial charge in [-0.2, -0.15) is 0 Å². The Labute approximate surface area is 166 Å². The number of ether oxygens (including phenoxy) is 1. The highest BCUT2D eigenvalue weighted by Crippen LogP contribution is 2.17. The van der Waals surface area contributed by atoms with Crippen molar-refractivity contribution >= 4 is 5.91 Å². The number of imidazole rings is 1. The molecule has 0 spiro atoms. The Morgan fingerprint density at radius 1 is 1.31 bits per heavy atom. The maximum atomic E-state index is 12.2. The van der Waals surface area contributed by atoms with Crippen LogP contribution in [-0.4, -0.2) is 66.2 Å². The van der Waals surface area contributed by atoms with E-state index in [9.17, 15) is 24.6 Å². The van der Waals surface area contributed by atoms with Crippen LogP contribution in [0.25, 0.3) is 0 Å². The quantitative estimate of drug-likeness (QED) is 0.434. The Balaban J connectivity index is 1.56. The summed E-state index contributed by atoms with van der Waals surface area (Å²) < 4.78 is 8.63. The molecule has 1 aliphatic rings. The van der Waals surface area contributed by atoms with Crippen LogP contribution < -0.4 is 16.6 Å². The maximum absolute atomic E-state index is 12.2. The molecule has 1 amide bonds. The van der Waals surface area contributed by atoms with Gasteiger partial charge in [-0.25, -0.2) is 9.78 Å². The Bertz CT molecular complexity index is 980. The van der Waals surface area contributed by atoms with Crippen molar-refractivity contribution in [2.75, 3.05) is 6.61 Å². The van der Waals surface area contributed by atoms with E-state index in [4.69, 9.17) is 4.74 Å². The number of aliphatic hydroxyl groups excluding tert-OH is 2. The molecule has 2 aromatic rings. The first-order chi connectivity index (χ1) is 13.8. The molecule has 0 saturated carbocycles. The van der Waals surface area contributed by atoms with Crippen molar-refractivity contribution in [2.24, 2.45) is 0 Å². The molecule has 11 heteroatoms. The lowest BCUT2D eigenvalue weighted by atomic mass is 9.97. The van der Waals surface area contributed by atoms with Gasteiger partial charge in [0.15, 0.2) is 0 Å². The Hall–Kier alpha value is -2.76. The fourth-order valence-corrected chi connectivity index (χ4v) is 3.26. The largest absolute Gasteiger partial charge is 0.388 e. The summed E-state index contributed by atoms with van der Waals surface area (Å²) >= 11 is 0. The van der Waals surface area contributed by atoms with Gasteiger partial charge < -0.3 is 24.8 Å². The van der Waals surface area contributed by atoms with Gasteiger partial charge in [0, 0.05) is 37.1 Å². The molecule has 3 heterocycles. The molecule has 0 radical (unpaired) electrons. The van der Waals surface area contributed by atoms with E-state index in [-0.39, 0.29) is 25.5 Å². The average molecular weight is 407 g/mol. The standard InChI is InChI=1S/C18H25N5O6/c1-10-7-23(18(28)21-17(10)27)8-13-16(26)15(25)12(9-29-13)20-14(24)3-5-22-6-4-19-11(22)2/h4,6-7,12-13,15-16,25-26H,3,5,8-9H2,1-2H3,(H,20,24)(H,21,27,28)/t12-,13-,15+,16-/m1/s1. The SMILES string of the molecule is Cc1cn(C[C@H]2OC[C@@H](NC(=O)CCn3ccnc3C)[C@H](O)[C@@H]2O)c(=O)[nH]c1=O. The Kier molecular flexibility index (Phi) is 6.30. The molecule has 4 N–H and O–H groups in total. The topological polar surface area (TPSA) is 151 Å². The normalized spacial score (nSPS) is 24.4. The summed E-state index contributed by atoms with van der Waals surface area (Å²) in [7, 11) is 0. The van der Waals surface area contributed by atoms with Crippen LogP contribution in [0.5, 0.6) is 0 Å². The molecule has 11 nitrogen and oxygen atoms in total. The molecule has 29 heavy (non-hydrogen) atoms. The van der Waals surface area contributed by atoms with Crippen LogP contribution in [0.2, 0.25) is 0 Å². The van der Waals surface area contributed by atoms with E-state index in [2.05, 4.69) is 15.3 Å². The van der Waals surface area contributed by atoms with Gasteiger partial charge in [0.25, 0.3) is 5.56 Å². The zero-order valence-corrected chi connectivity index (χ0v) is 16.2. The highest BCUT2D eigenvalue weighted by Gasteiger charge is 2.39. The molecule has 2 aromatic heterocycles. The minimum atomic E-state index is -1.32. The third-order valence-electron chi connectivity index (χ3n) is 5.05. The van der Waals surface area contributed by atoms with Crippen molar-refractivity contribution in [3.8, 4) is 0 Å². The molecule has 3 rings (SSSR count).